The highest BCUT2D eigenvalue weighted by atomic mass is 16.7. The lowest BCUT2D eigenvalue weighted by atomic mass is 9.54. The third kappa shape index (κ3) is 5.60. The summed E-state index contributed by atoms with van der Waals surface area (Å²) in [6, 6.07) is 3.71. The summed E-state index contributed by atoms with van der Waals surface area (Å²) in [5.41, 5.74) is 2.66. The van der Waals surface area contributed by atoms with Gasteiger partial charge in [-0.25, -0.2) is 9.59 Å². The SMILES string of the molecule is C=C(C)C1(C)CCC(C)=CC1(C)c1c(OC(=O)OC)cc(CCCCC)cc1OC(=O)OC. The van der Waals surface area contributed by atoms with Crippen molar-refractivity contribution >= 4 is 12.3 Å². The maximum atomic E-state index is 12.2. The lowest BCUT2D eigenvalue weighted by molar-refractivity contribution is 0.115. The molecule has 0 saturated carbocycles. The second-order valence-corrected chi connectivity index (χ2v) is 9.34. The first-order chi connectivity index (χ1) is 15.5. The molecular weight excluding hydrogens is 420 g/mol. The van der Waals surface area contributed by atoms with Crippen LogP contribution in [0.15, 0.2) is 35.9 Å². The van der Waals surface area contributed by atoms with Crippen LogP contribution in [0.1, 0.15) is 77.8 Å². The molecule has 1 aromatic rings. The summed E-state index contributed by atoms with van der Waals surface area (Å²) in [6.07, 6.45) is 6.15. The summed E-state index contributed by atoms with van der Waals surface area (Å²) in [4.78, 5) is 24.5. The van der Waals surface area contributed by atoms with Gasteiger partial charge < -0.3 is 18.9 Å². The average molecular weight is 459 g/mol. The lowest BCUT2D eigenvalue weighted by Crippen LogP contribution is -2.44. The van der Waals surface area contributed by atoms with Gasteiger partial charge in [0.2, 0.25) is 0 Å². The van der Waals surface area contributed by atoms with Crippen LogP contribution in [0.5, 0.6) is 11.5 Å². The number of methoxy groups -OCH3 is 2. The van der Waals surface area contributed by atoms with E-state index in [0.29, 0.717) is 17.1 Å². The Morgan fingerprint density at radius 1 is 1.03 bits per heavy atom. The van der Waals surface area contributed by atoms with Crippen LogP contribution in [0, 0.1) is 5.41 Å². The van der Waals surface area contributed by atoms with Crippen LogP contribution in [-0.4, -0.2) is 26.5 Å². The van der Waals surface area contributed by atoms with Gasteiger partial charge in [0, 0.05) is 16.4 Å². The number of hydrogen-bond donors (Lipinski definition) is 0. The summed E-state index contributed by atoms with van der Waals surface area (Å²) in [6.45, 7) is 14.7. The normalized spacial score (nSPS) is 22.2. The molecule has 0 spiro atoms. The molecule has 1 aliphatic rings. The third-order valence-corrected chi connectivity index (χ3v) is 7.08. The van der Waals surface area contributed by atoms with Crippen LogP contribution in [0.3, 0.4) is 0 Å². The first-order valence-corrected chi connectivity index (χ1v) is 11.6. The van der Waals surface area contributed by atoms with E-state index in [9.17, 15) is 9.59 Å². The summed E-state index contributed by atoms with van der Waals surface area (Å²) in [5.74, 6) is 0.631. The number of rotatable bonds is 8. The van der Waals surface area contributed by atoms with Gasteiger partial charge in [-0.3, -0.25) is 0 Å². The molecule has 2 rings (SSSR count). The highest BCUT2D eigenvalue weighted by Crippen LogP contribution is 2.58. The first kappa shape index (κ1) is 26.5. The fourth-order valence-electron chi connectivity index (χ4n) is 4.74. The molecule has 0 aromatic heterocycles. The van der Waals surface area contributed by atoms with Crippen molar-refractivity contribution in [1.82, 2.24) is 0 Å². The van der Waals surface area contributed by atoms with Crippen LogP contribution in [0.2, 0.25) is 0 Å². The van der Waals surface area contributed by atoms with Crippen molar-refractivity contribution in [3.05, 3.63) is 47.1 Å². The molecule has 0 aliphatic heterocycles. The monoisotopic (exact) mass is 458 g/mol. The minimum atomic E-state index is -0.830. The first-order valence-electron chi connectivity index (χ1n) is 11.6. The predicted octanol–water partition coefficient (Wildman–Crippen LogP) is 7.29. The Bertz CT molecular complexity index is 892. The number of carbonyl (C=O) groups excluding carboxylic acids is 2. The average Bonchev–Trinajstić information content (AvgIpc) is 2.76. The number of hydrogen-bond acceptors (Lipinski definition) is 6. The van der Waals surface area contributed by atoms with Gasteiger partial charge in [0.25, 0.3) is 0 Å². The van der Waals surface area contributed by atoms with Crippen LogP contribution < -0.4 is 9.47 Å². The van der Waals surface area contributed by atoms with E-state index in [1.807, 2.05) is 19.1 Å². The number of unbranched alkanes of at least 4 members (excludes halogenated alkanes) is 2. The van der Waals surface area contributed by atoms with E-state index < -0.39 is 17.7 Å². The molecule has 0 bridgehead atoms. The molecule has 1 aromatic carbocycles. The molecule has 0 saturated heterocycles. The zero-order chi connectivity index (χ0) is 24.8. The zero-order valence-corrected chi connectivity index (χ0v) is 21.1. The molecular formula is C27H38O6. The fourth-order valence-corrected chi connectivity index (χ4v) is 4.74. The Morgan fingerprint density at radius 2 is 1.58 bits per heavy atom. The van der Waals surface area contributed by atoms with Gasteiger partial charge in [-0.1, -0.05) is 57.4 Å². The van der Waals surface area contributed by atoms with E-state index in [0.717, 1.165) is 49.7 Å². The van der Waals surface area contributed by atoms with Gasteiger partial charge in [-0.05, 0) is 57.2 Å². The fraction of sp³-hybridized carbons (Fsp3) is 0.556. The summed E-state index contributed by atoms with van der Waals surface area (Å²) in [7, 11) is 2.53. The Balaban J connectivity index is 2.85. The van der Waals surface area contributed by atoms with Crippen molar-refractivity contribution in [2.45, 2.75) is 78.6 Å². The molecule has 0 fully saturated rings. The van der Waals surface area contributed by atoms with E-state index in [-0.39, 0.29) is 5.41 Å². The Labute approximate surface area is 197 Å². The highest BCUT2D eigenvalue weighted by Gasteiger charge is 2.50. The van der Waals surface area contributed by atoms with E-state index >= 15 is 0 Å². The number of carbonyl (C=O) groups is 2. The Morgan fingerprint density at radius 3 is 2.03 bits per heavy atom. The molecule has 2 unspecified atom stereocenters. The van der Waals surface area contributed by atoms with Crippen molar-refractivity contribution in [2.24, 2.45) is 5.41 Å². The van der Waals surface area contributed by atoms with E-state index in [2.05, 4.69) is 40.3 Å². The topological polar surface area (TPSA) is 71.1 Å². The van der Waals surface area contributed by atoms with E-state index in [4.69, 9.17) is 18.9 Å². The second kappa shape index (κ2) is 10.9. The molecule has 0 heterocycles. The van der Waals surface area contributed by atoms with E-state index in [1.54, 1.807) is 0 Å². The van der Waals surface area contributed by atoms with Gasteiger partial charge in [0.05, 0.1) is 14.2 Å². The smallest absolute Gasteiger partial charge is 0.437 e. The van der Waals surface area contributed by atoms with Gasteiger partial charge in [0.15, 0.2) is 0 Å². The van der Waals surface area contributed by atoms with Gasteiger partial charge >= 0.3 is 12.3 Å². The molecule has 2 atom stereocenters. The maximum absolute atomic E-state index is 12.2. The summed E-state index contributed by atoms with van der Waals surface area (Å²) in [5, 5.41) is 0. The largest absolute Gasteiger partial charge is 0.513 e. The number of ether oxygens (including phenoxy) is 4. The molecule has 0 amide bonds. The molecule has 182 valence electrons. The quantitative estimate of drug-likeness (QED) is 0.176. The number of benzene rings is 1. The zero-order valence-electron chi connectivity index (χ0n) is 21.1. The van der Waals surface area contributed by atoms with Gasteiger partial charge in [-0.2, -0.15) is 0 Å². The van der Waals surface area contributed by atoms with Crippen molar-refractivity contribution in [3.8, 4) is 11.5 Å². The van der Waals surface area contributed by atoms with E-state index in [1.165, 1.54) is 19.8 Å². The van der Waals surface area contributed by atoms with Crippen molar-refractivity contribution in [3.63, 3.8) is 0 Å². The van der Waals surface area contributed by atoms with Crippen LogP contribution in [0.4, 0.5) is 9.59 Å². The minimum Gasteiger partial charge on any atom is -0.437 e. The Kier molecular flexibility index (Phi) is 8.76. The van der Waals surface area contributed by atoms with Crippen LogP contribution >= 0.6 is 0 Å². The van der Waals surface area contributed by atoms with Crippen molar-refractivity contribution < 1.29 is 28.5 Å². The third-order valence-electron chi connectivity index (χ3n) is 7.08. The standard InChI is InChI=1S/C27H38O6/c1-9-10-11-12-20-15-21(32-24(28)30-7)23(22(16-20)33-25(29)31-8)27(6)17-19(4)13-14-26(27,5)18(2)3/h15-17H,2,9-14H2,1,3-8H3. The van der Waals surface area contributed by atoms with Gasteiger partial charge in [-0.15, -0.1) is 0 Å². The number of allylic oxidation sites excluding steroid dienone is 3. The molecule has 0 radical (unpaired) electrons. The minimum absolute atomic E-state index is 0.315. The molecule has 0 N–H and O–H groups in total. The molecule has 6 heteroatoms. The predicted molar refractivity (Wildman–Crippen MR) is 129 cm³/mol. The molecule has 33 heavy (non-hydrogen) atoms. The molecule has 1 aliphatic carbocycles. The number of aryl methyl sites for hydroxylation is 1. The second-order valence-electron chi connectivity index (χ2n) is 9.34. The summed E-state index contributed by atoms with van der Waals surface area (Å²) >= 11 is 0. The van der Waals surface area contributed by atoms with Crippen molar-refractivity contribution in [2.75, 3.05) is 14.2 Å². The summed E-state index contributed by atoms with van der Waals surface area (Å²) < 4.78 is 21.0. The van der Waals surface area contributed by atoms with Crippen molar-refractivity contribution in [1.29, 1.82) is 0 Å². The van der Waals surface area contributed by atoms with Crippen LogP contribution in [0.25, 0.3) is 0 Å². The molecule has 6 nitrogen and oxygen atoms in total. The van der Waals surface area contributed by atoms with Gasteiger partial charge in [0.1, 0.15) is 11.5 Å². The van der Waals surface area contributed by atoms with Crippen LogP contribution in [-0.2, 0) is 21.3 Å². The lowest BCUT2D eigenvalue weighted by Gasteiger charge is -2.50. The maximum Gasteiger partial charge on any atom is 0.513 e. The highest BCUT2D eigenvalue weighted by molar-refractivity contribution is 5.70. The Hall–Kier alpha value is -2.76.